The Morgan fingerprint density at radius 3 is 2.38 bits per heavy atom. The lowest BCUT2D eigenvalue weighted by molar-refractivity contribution is -0.127. The number of carbonyl (C=O) groups is 2. The topological polar surface area (TPSA) is 92.6 Å². The molecule has 1 aliphatic rings. The van der Waals surface area contributed by atoms with Gasteiger partial charge in [0.2, 0.25) is 5.91 Å². The molecule has 1 aliphatic heterocycles. The zero-order chi connectivity index (χ0) is 24.8. The zero-order valence-electron chi connectivity index (χ0n) is 19.3. The Kier molecular flexibility index (Phi) is 6.26. The van der Waals surface area contributed by atoms with Crippen LogP contribution in [0.15, 0.2) is 53.4 Å². The van der Waals surface area contributed by atoms with E-state index in [0.29, 0.717) is 23.4 Å². The lowest BCUT2D eigenvalue weighted by Crippen LogP contribution is -2.39. The molecule has 2 aromatic carbocycles. The molecule has 8 nitrogen and oxygen atoms in total. The van der Waals surface area contributed by atoms with E-state index in [0.717, 1.165) is 9.87 Å². The Hall–Kier alpha value is -3.17. The molecule has 2 heterocycles. The molecular formula is C24H25ClN4O4S. The summed E-state index contributed by atoms with van der Waals surface area (Å²) in [6, 6.07) is 14.5. The summed E-state index contributed by atoms with van der Waals surface area (Å²) in [7, 11) is -2.65. The first-order chi connectivity index (χ1) is 16.1. The number of sulfonamides is 1. The van der Waals surface area contributed by atoms with Crippen LogP contribution in [0.1, 0.15) is 46.9 Å². The Morgan fingerprint density at radius 1 is 1.18 bits per heavy atom. The second-order valence-corrected chi connectivity index (χ2v) is 10.4. The number of fused-ring (bicyclic) bond motifs is 1. The summed E-state index contributed by atoms with van der Waals surface area (Å²) in [5.74, 6) is -1.37. The monoisotopic (exact) mass is 500 g/mol. The van der Waals surface area contributed by atoms with Gasteiger partial charge in [0.1, 0.15) is 10.0 Å². The third kappa shape index (κ3) is 3.88. The van der Waals surface area contributed by atoms with E-state index in [-0.39, 0.29) is 28.2 Å². The fourth-order valence-corrected chi connectivity index (χ4v) is 6.40. The SMILES string of the molecule is CCN(C(=O)C(C)c1ccc(N2Cc3ccccc3C2=O)cc1)S(=O)(=O)c1c(C)nn(C)c1Cl. The van der Waals surface area contributed by atoms with Crippen molar-refractivity contribution in [3.8, 4) is 0 Å². The van der Waals surface area contributed by atoms with E-state index in [4.69, 9.17) is 11.6 Å². The summed E-state index contributed by atoms with van der Waals surface area (Å²) in [6.45, 7) is 5.23. The van der Waals surface area contributed by atoms with Gasteiger partial charge in [-0.25, -0.2) is 12.7 Å². The molecule has 0 N–H and O–H groups in total. The van der Waals surface area contributed by atoms with Gasteiger partial charge >= 0.3 is 0 Å². The van der Waals surface area contributed by atoms with Crippen molar-refractivity contribution in [3.63, 3.8) is 0 Å². The molecule has 1 atom stereocenters. The van der Waals surface area contributed by atoms with E-state index in [2.05, 4.69) is 5.10 Å². The fraction of sp³-hybridized carbons (Fsp3) is 0.292. The van der Waals surface area contributed by atoms with Gasteiger partial charge in [0.15, 0.2) is 0 Å². The van der Waals surface area contributed by atoms with E-state index < -0.39 is 21.8 Å². The molecule has 0 radical (unpaired) electrons. The molecule has 34 heavy (non-hydrogen) atoms. The highest BCUT2D eigenvalue weighted by molar-refractivity contribution is 7.89. The number of aromatic nitrogens is 2. The minimum absolute atomic E-state index is 0.0444. The maximum atomic E-state index is 13.3. The number of halogens is 1. The van der Waals surface area contributed by atoms with Gasteiger partial charge in [0.25, 0.3) is 15.9 Å². The van der Waals surface area contributed by atoms with Gasteiger partial charge in [-0.2, -0.15) is 5.10 Å². The van der Waals surface area contributed by atoms with Gasteiger partial charge in [0, 0.05) is 24.8 Å². The lowest BCUT2D eigenvalue weighted by Gasteiger charge is -2.24. The summed E-state index contributed by atoms with van der Waals surface area (Å²) in [4.78, 5) is 27.5. The highest BCUT2D eigenvalue weighted by atomic mass is 35.5. The predicted octanol–water partition coefficient (Wildman–Crippen LogP) is 3.88. The van der Waals surface area contributed by atoms with E-state index >= 15 is 0 Å². The van der Waals surface area contributed by atoms with E-state index in [1.54, 1.807) is 50.1 Å². The predicted molar refractivity (Wildman–Crippen MR) is 129 cm³/mol. The molecular weight excluding hydrogens is 476 g/mol. The average molecular weight is 501 g/mol. The summed E-state index contributed by atoms with van der Waals surface area (Å²) < 4.78 is 28.7. The molecule has 0 aliphatic carbocycles. The number of hydrogen-bond donors (Lipinski definition) is 0. The number of benzene rings is 2. The van der Waals surface area contributed by atoms with Gasteiger partial charge in [-0.05, 0) is 50.1 Å². The zero-order valence-corrected chi connectivity index (χ0v) is 20.9. The van der Waals surface area contributed by atoms with Crippen molar-refractivity contribution in [1.82, 2.24) is 14.1 Å². The maximum absolute atomic E-state index is 13.3. The summed E-state index contributed by atoms with van der Waals surface area (Å²) in [5, 5.41) is 4.02. The molecule has 0 spiro atoms. The molecule has 0 fully saturated rings. The van der Waals surface area contributed by atoms with E-state index in [1.807, 2.05) is 24.3 Å². The molecule has 0 saturated heterocycles. The quantitative estimate of drug-likeness (QED) is 0.512. The molecule has 10 heteroatoms. The Labute approximate surface area is 203 Å². The normalized spacial score (nSPS) is 14.3. The van der Waals surface area contributed by atoms with Gasteiger partial charge in [-0.1, -0.05) is 41.9 Å². The van der Waals surface area contributed by atoms with Gasteiger partial charge in [-0.3, -0.25) is 14.3 Å². The first-order valence-electron chi connectivity index (χ1n) is 10.8. The van der Waals surface area contributed by atoms with E-state index in [1.165, 1.54) is 11.6 Å². The number of likely N-dealkylation sites (N-methyl/N-ethyl adjacent to an activating group) is 1. The van der Waals surface area contributed by atoms with Crippen LogP contribution in [0, 0.1) is 6.92 Å². The standard InChI is InChI=1S/C24H25ClN4O4S/c1-5-29(34(32,33)21-16(3)26-27(4)22(21)25)23(30)15(2)17-10-12-19(13-11-17)28-14-18-8-6-7-9-20(18)24(28)31/h6-13,15H,5,14H2,1-4H3. The molecule has 1 unspecified atom stereocenters. The second-order valence-electron chi connectivity index (χ2n) is 8.20. The molecule has 178 valence electrons. The summed E-state index contributed by atoms with van der Waals surface area (Å²) in [6.07, 6.45) is 0. The van der Waals surface area contributed by atoms with Crippen LogP contribution in [0.4, 0.5) is 5.69 Å². The Balaban J connectivity index is 1.57. The summed E-state index contributed by atoms with van der Waals surface area (Å²) in [5.41, 5.74) is 3.23. The van der Waals surface area contributed by atoms with E-state index in [9.17, 15) is 18.0 Å². The minimum Gasteiger partial charge on any atom is -0.304 e. The number of rotatable bonds is 6. The number of nitrogens with zero attached hydrogens (tertiary/aromatic N) is 4. The van der Waals surface area contributed by atoms with Crippen LogP contribution in [-0.2, 0) is 28.4 Å². The van der Waals surface area contributed by atoms with Crippen LogP contribution in [-0.4, -0.2) is 40.9 Å². The van der Waals surface area contributed by atoms with Gasteiger partial charge < -0.3 is 4.90 Å². The number of amides is 2. The molecule has 0 bridgehead atoms. The van der Waals surface area contributed by atoms with Crippen molar-refractivity contribution in [2.75, 3.05) is 11.4 Å². The Morgan fingerprint density at radius 2 is 1.82 bits per heavy atom. The van der Waals surface area contributed by atoms with Crippen LogP contribution in [0.5, 0.6) is 0 Å². The van der Waals surface area contributed by atoms with Crippen molar-refractivity contribution in [1.29, 1.82) is 0 Å². The smallest absolute Gasteiger partial charge is 0.271 e. The third-order valence-corrected chi connectivity index (χ3v) is 8.65. The number of carbonyl (C=O) groups excluding carboxylic acids is 2. The van der Waals surface area contributed by atoms with Crippen LogP contribution in [0.25, 0.3) is 0 Å². The first kappa shape index (κ1) is 24.0. The lowest BCUT2D eigenvalue weighted by atomic mass is 10.00. The second kappa shape index (κ2) is 8.88. The van der Waals surface area contributed by atoms with Crippen molar-refractivity contribution < 1.29 is 18.0 Å². The number of hydrogen-bond acceptors (Lipinski definition) is 5. The van der Waals surface area contributed by atoms with Crippen LogP contribution in [0.3, 0.4) is 0 Å². The third-order valence-electron chi connectivity index (χ3n) is 6.08. The minimum atomic E-state index is -4.19. The van der Waals surface area contributed by atoms with Crippen molar-refractivity contribution in [2.24, 2.45) is 7.05 Å². The average Bonchev–Trinajstić information content (AvgIpc) is 3.28. The van der Waals surface area contributed by atoms with Gasteiger partial charge in [-0.15, -0.1) is 0 Å². The highest BCUT2D eigenvalue weighted by Crippen LogP contribution is 2.32. The summed E-state index contributed by atoms with van der Waals surface area (Å²) >= 11 is 6.18. The van der Waals surface area contributed by atoms with Gasteiger partial charge in [0.05, 0.1) is 18.2 Å². The van der Waals surface area contributed by atoms with Crippen molar-refractivity contribution in [2.45, 2.75) is 38.1 Å². The molecule has 0 saturated carbocycles. The van der Waals surface area contributed by atoms with Crippen molar-refractivity contribution in [3.05, 3.63) is 76.1 Å². The van der Waals surface area contributed by atoms with Crippen LogP contribution in [0.2, 0.25) is 5.15 Å². The first-order valence-corrected chi connectivity index (χ1v) is 12.6. The number of anilines is 1. The largest absolute Gasteiger partial charge is 0.304 e. The van der Waals surface area contributed by atoms with Crippen molar-refractivity contribution >= 4 is 39.1 Å². The molecule has 1 aromatic heterocycles. The molecule has 4 rings (SSSR count). The number of aryl methyl sites for hydroxylation is 2. The Bertz CT molecular complexity index is 1380. The fourth-order valence-electron chi connectivity index (χ4n) is 4.22. The highest BCUT2D eigenvalue weighted by Gasteiger charge is 2.36. The maximum Gasteiger partial charge on any atom is 0.271 e. The molecule has 3 aromatic rings. The molecule has 2 amide bonds. The van der Waals surface area contributed by atoms with Crippen LogP contribution >= 0.6 is 11.6 Å². The van der Waals surface area contributed by atoms with Crippen LogP contribution < -0.4 is 4.90 Å².